The molecule has 0 spiro atoms. The van der Waals surface area contributed by atoms with Gasteiger partial charge in [-0.3, -0.25) is 23.4 Å². The summed E-state index contributed by atoms with van der Waals surface area (Å²) in [5, 5.41) is 23.6. The van der Waals surface area contributed by atoms with Crippen LogP contribution in [-0.2, 0) is 4.79 Å². The highest BCUT2D eigenvalue weighted by molar-refractivity contribution is 7.99. The molecule has 2 N–H and O–H groups in total. The molecule has 0 bridgehead atoms. The Morgan fingerprint density at radius 3 is 2.57 bits per heavy atom. The van der Waals surface area contributed by atoms with Crippen molar-refractivity contribution in [2.24, 2.45) is 0 Å². The lowest BCUT2D eigenvalue weighted by atomic mass is 10.2. The third kappa shape index (κ3) is 3.96. The Bertz CT molecular complexity index is 1690. The van der Waals surface area contributed by atoms with Crippen LogP contribution in [0.15, 0.2) is 71.7 Å². The summed E-state index contributed by atoms with van der Waals surface area (Å²) >= 11 is 2.61. The maximum Gasteiger partial charge on any atom is 0.256 e. The number of fused-ring (bicyclic) bond motifs is 6. The second-order valence-corrected chi connectivity index (χ2v) is 9.22. The van der Waals surface area contributed by atoms with E-state index in [4.69, 9.17) is 0 Å². The topological polar surface area (TPSA) is 131 Å². The molecule has 4 heterocycles. The maximum atomic E-state index is 12.6. The summed E-state index contributed by atoms with van der Waals surface area (Å²) in [5.41, 5.74) is 5.66. The van der Waals surface area contributed by atoms with Crippen LogP contribution in [0.3, 0.4) is 0 Å². The van der Waals surface area contributed by atoms with E-state index in [9.17, 15) is 9.59 Å². The molecule has 2 aromatic carbocycles. The number of nitrogens with zero attached hydrogens (tertiary/aromatic N) is 7. The van der Waals surface area contributed by atoms with Crippen molar-refractivity contribution in [2.75, 3.05) is 16.4 Å². The van der Waals surface area contributed by atoms with Gasteiger partial charge in [-0.2, -0.15) is 0 Å². The van der Waals surface area contributed by atoms with Crippen LogP contribution < -0.4 is 10.6 Å². The number of carbonyl (C=O) groups is 2. The monoisotopic (exact) mass is 501 g/mol. The first-order valence-electron chi connectivity index (χ1n) is 10.4. The van der Waals surface area contributed by atoms with E-state index in [1.165, 1.54) is 23.1 Å². The van der Waals surface area contributed by atoms with E-state index in [-0.39, 0.29) is 17.6 Å². The van der Waals surface area contributed by atoms with Crippen LogP contribution in [0.1, 0.15) is 10.4 Å². The van der Waals surface area contributed by atoms with E-state index in [0.717, 1.165) is 11.0 Å². The number of anilines is 2. The Morgan fingerprint density at radius 2 is 1.77 bits per heavy atom. The Hall–Kier alpha value is -4.36. The Kier molecular flexibility index (Phi) is 5.31. The SMILES string of the molecule is O=C(CSc1nnc2c3nncn3c3ccccc3n12)Nc1ccc(C(=O)Nc2cncs2)cc1. The second-order valence-electron chi connectivity index (χ2n) is 7.39. The number of rotatable bonds is 6. The molecular formula is C22H15N9O2S2. The number of hydrogen-bond donors (Lipinski definition) is 2. The summed E-state index contributed by atoms with van der Waals surface area (Å²) in [4.78, 5) is 28.8. The number of thiazole rings is 1. The molecule has 2 amide bonds. The Labute approximate surface area is 205 Å². The van der Waals surface area contributed by atoms with Crippen LogP contribution >= 0.6 is 23.1 Å². The average molecular weight is 502 g/mol. The van der Waals surface area contributed by atoms with Gasteiger partial charge >= 0.3 is 0 Å². The van der Waals surface area contributed by atoms with Crippen molar-refractivity contribution in [3.05, 3.63) is 72.1 Å². The molecule has 4 aromatic heterocycles. The molecule has 6 rings (SSSR count). The van der Waals surface area contributed by atoms with E-state index >= 15 is 0 Å². The molecule has 0 saturated carbocycles. The standard InChI is InChI=1S/C22H15N9O2S2/c32-17(25-14-7-5-13(6-8-14)21(33)26-18-9-23-12-35-18)10-34-22-29-28-20-19-27-24-11-30(19)15-3-1-2-4-16(15)31(20)22/h1-9,11-12H,10H2,(H,25,32)(H,26,33). The van der Waals surface area contributed by atoms with Crippen molar-refractivity contribution in [3.63, 3.8) is 0 Å². The molecule has 0 aliphatic heterocycles. The van der Waals surface area contributed by atoms with Gasteiger partial charge in [0, 0.05) is 11.3 Å². The fourth-order valence-electron chi connectivity index (χ4n) is 3.64. The largest absolute Gasteiger partial charge is 0.325 e. The van der Waals surface area contributed by atoms with Gasteiger partial charge in [-0.1, -0.05) is 23.9 Å². The molecule has 0 radical (unpaired) electrons. The zero-order chi connectivity index (χ0) is 23.8. The van der Waals surface area contributed by atoms with Crippen molar-refractivity contribution in [3.8, 4) is 0 Å². The third-order valence-corrected chi connectivity index (χ3v) is 6.81. The van der Waals surface area contributed by atoms with Crippen LogP contribution in [-0.4, -0.2) is 51.7 Å². The zero-order valence-electron chi connectivity index (χ0n) is 17.8. The van der Waals surface area contributed by atoms with E-state index in [2.05, 4.69) is 36.0 Å². The summed E-state index contributed by atoms with van der Waals surface area (Å²) in [6.07, 6.45) is 3.23. The van der Waals surface area contributed by atoms with Crippen LogP contribution in [0.25, 0.3) is 22.3 Å². The first-order chi connectivity index (χ1) is 17.2. The van der Waals surface area contributed by atoms with Gasteiger partial charge in [-0.15, -0.1) is 31.7 Å². The fourth-order valence-corrected chi connectivity index (χ4v) is 4.89. The summed E-state index contributed by atoms with van der Waals surface area (Å²) in [6.45, 7) is 0. The minimum Gasteiger partial charge on any atom is -0.325 e. The van der Waals surface area contributed by atoms with Gasteiger partial charge in [0.15, 0.2) is 5.16 Å². The smallest absolute Gasteiger partial charge is 0.256 e. The van der Waals surface area contributed by atoms with Crippen molar-refractivity contribution in [1.29, 1.82) is 0 Å². The highest BCUT2D eigenvalue weighted by Gasteiger charge is 2.17. The van der Waals surface area contributed by atoms with E-state index in [0.29, 0.717) is 32.7 Å². The number of thioether (sulfide) groups is 1. The average Bonchev–Trinajstić information content (AvgIpc) is 3.64. The number of carbonyl (C=O) groups excluding carboxylic acids is 2. The van der Waals surface area contributed by atoms with Gasteiger partial charge < -0.3 is 10.6 Å². The van der Waals surface area contributed by atoms with E-state index < -0.39 is 0 Å². The molecule has 0 aliphatic carbocycles. The number of para-hydroxylation sites is 2. The van der Waals surface area contributed by atoms with Gasteiger partial charge in [0.25, 0.3) is 5.91 Å². The Balaban J connectivity index is 1.16. The molecule has 0 saturated heterocycles. The molecule has 0 aliphatic rings. The summed E-state index contributed by atoms with van der Waals surface area (Å²) in [6, 6.07) is 14.5. The van der Waals surface area contributed by atoms with Gasteiger partial charge in [0.2, 0.25) is 17.2 Å². The van der Waals surface area contributed by atoms with E-state index in [1.54, 1.807) is 42.3 Å². The Morgan fingerprint density at radius 1 is 0.943 bits per heavy atom. The highest BCUT2D eigenvalue weighted by Crippen LogP contribution is 2.25. The lowest BCUT2D eigenvalue weighted by molar-refractivity contribution is -0.113. The molecule has 35 heavy (non-hydrogen) atoms. The quantitative estimate of drug-likeness (QED) is 0.332. The number of nitrogens with one attached hydrogen (secondary N) is 2. The molecule has 0 fully saturated rings. The van der Waals surface area contributed by atoms with Gasteiger partial charge in [-0.25, -0.2) is 0 Å². The minimum atomic E-state index is -0.240. The molecular weight excluding hydrogens is 486 g/mol. The van der Waals surface area contributed by atoms with Crippen molar-refractivity contribution in [2.45, 2.75) is 5.16 Å². The lowest BCUT2D eigenvalue weighted by Gasteiger charge is -2.08. The van der Waals surface area contributed by atoms with Gasteiger partial charge in [0.05, 0.1) is 28.5 Å². The van der Waals surface area contributed by atoms with Crippen molar-refractivity contribution in [1.82, 2.24) is 34.2 Å². The van der Waals surface area contributed by atoms with Crippen LogP contribution in [0.5, 0.6) is 0 Å². The predicted octanol–water partition coefficient (Wildman–Crippen LogP) is 3.36. The molecule has 0 unspecified atom stereocenters. The number of amides is 2. The normalized spacial score (nSPS) is 11.3. The summed E-state index contributed by atoms with van der Waals surface area (Å²) in [7, 11) is 0. The maximum absolute atomic E-state index is 12.6. The zero-order valence-corrected chi connectivity index (χ0v) is 19.5. The summed E-state index contributed by atoms with van der Waals surface area (Å²) in [5.74, 6) is -0.322. The minimum absolute atomic E-state index is 0.126. The van der Waals surface area contributed by atoms with Crippen molar-refractivity contribution < 1.29 is 9.59 Å². The number of hydrogen-bond acceptors (Lipinski definition) is 9. The lowest BCUT2D eigenvalue weighted by Crippen LogP contribution is -2.15. The molecule has 172 valence electrons. The first kappa shape index (κ1) is 21.2. The predicted molar refractivity (Wildman–Crippen MR) is 133 cm³/mol. The second kappa shape index (κ2) is 8.77. The number of aromatic nitrogens is 7. The third-order valence-electron chi connectivity index (χ3n) is 5.20. The highest BCUT2D eigenvalue weighted by atomic mass is 32.2. The van der Waals surface area contributed by atoms with Crippen LogP contribution in [0.4, 0.5) is 10.7 Å². The fraction of sp³-hybridized carbons (Fsp3) is 0.0455. The van der Waals surface area contributed by atoms with Crippen LogP contribution in [0.2, 0.25) is 0 Å². The molecule has 13 heteroatoms. The van der Waals surface area contributed by atoms with Crippen molar-refractivity contribution >= 4 is 67.9 Å². The summed E-state index contributed by atoms with van der Waals surface area (Å²) < 4.78 is 3.75. The van der Waals surface area contributed by atoms with E-state index in [1.807, 2.05) is 33.1 Å². The first-order valence-corrected chi connectivity index (χ1v) is 12.2. The molecule has 11 nitrogen and oxygen atoms in total. The van der Waals surface area contributed by atoms with Gasteiger partial charge in [0.1, 0.15) is 11.3 Å². The van der Waals surface area contributed by atoms with Crippen LogP contribution in [0, 0.1) is 0 Å². The molecule has 0 atom stereocenters. The number of benzene rings is 2. The molecule has 6 aromatic rings. The van der Waals surface area contributed by atoms with Gasteiger partial charge in [-0.05, 0) is 36.4 Å².